The fraction of sp³-hybridized carbons (Fsp3) is 0.600. The van der Waals surface area contributed by atoms with Gasteiger partial charge in [0.1, 0.15) is 31.1 Å². The Morgan fingerprint density at radius 1 is 1.35 bits per heavy atom. The molecule has 2 heterocycles. The topological polar surface area (TPSA) is 183 Å². The van der Waals surface area contributed by atoms with Gasteiger partial charge in [-0.05, 0) is 12.0 Å². The van der Waals surface area contributed by atoms with Gasteiger partial charge in [0.15, 0.2) is 12.3 Å². The second-order valence-electron chi connectivity index (χ2n) is 5.97. The number of carbonyl (C=O) groups is 2. The third kappa shape index (κ3) is 4.78. The number of nitrogens with two attached hydrogens (primary N) is 1. The molecular weight excluding hydrogens is 352 g/mol. The predicted molar refractivity (Wildman–Crippen MR) is 83.8 cm³/mol. The maximum Gasteiger partial charge on any atom is 0.335 e. The first-order valence-corrected chi connectivity index (χ1v) is 7.87. The van der Waals surface area contributed by atoms with Crippen molar-refractivity contribution in [3.63, 3.8) is 0 Å². The summed E-state index contributed by atoms with van der Waals surface area (Å²) in [5.41, 5.74) is 5.89. The fourth-order valence-electron chi connectivity index (χ4n) is 2.58. The van der Waals surface area contributed by atoms with Crippen LogP contribution in [0.15, 0.2) is 24.0 Å². The van der Waals surface area contributed by atoms with Gasteiger partial charge in [-0.2, -0.15) is 0 Å². The van der Waals surface area contributed by atoms with Crippen molar-refractivity contribution < 1.29 is 44.6 Å². The van der Waals surface area contributed by atoms with Crippen LogP contribution in [0.4, 0.5) is 0 Å². The molecule has 26 heavy (non-hydrogen) atoms. The number of ether oxygens (including phenoxy) is 2. The molecule has 11 heteroatoms. The SMILES string of the molecule is NC(O)C1=CN([C@@H]2O[C@H](COC(=O)[C@@H](O)CC(=O)O)[C@@H](O)[C@H]2O)C=CC1. The lowest BCUT2D eigenvalue weighted by Crippen LogP contribution is -2.40. The summed E-state index contributed by atoms with van der Waals surface area (Å²) in [5, 5.41) is 47.5. The van der Waals surface area contributed by atoms with Gasteiger partial charge in [-0.3, -0.25) is 4.79 Å². The number of carbonyl (C=O) groups excluding carboxylic acids is 1. The molecule has 1 saturated heterocycles. The Bertz CT molecular complexity index is 592. The zero-order valence-electron chi connectivity index (χ0n) is 13.7. The molecule has 1 unspecified atom stereocenters. The number of esters is 1. The second kappa shape index (κ2) is 8.58. The van der Waals surface area contributed by atoms with E-state index in [1.165, 1.54) is 11.1 Å². The third-order valence-electron chi connectivity index (χ3n) is 3.99. The molecule has 146 valence electrons. The van der Waals surface area contributed by atoms with Crippen molar-refractivity contribution in [3.05, 3.63) is 24.0 Å². The number of hydrogen-bond acceptors (Lipinski definition) is 10. The largest absolute Gasteiger partial charge is 0.481 e. The first-order chi connectivity index (χ1) is 12.2. The Balaban J connectivity index is 1.95. The molecule has 0 aliphatic carbocycles. The summed E-state index contributed by atoms with van der Waals surface area (Å²) in [7, 11) is 0. The number of rotatable bonds is 7. The van der Waals surface area contributed by atoms with Crippen LogP contribution in [0.3, 0.4) is 0 Å². The summed E-state index contributed by atoms with van der Waals surface area (Å²) < 4.78 is 10.2. The highest BCUT2D eigenvalue weighted by Crippen LogP contribution is 2.27. The summed E-state index contributed by atoms with van der Waals surface area (Å²) >= 11 is 0. The van der Waals surface area contributed by atoms with Crippen LogP contribution in [0.1, 0.15) is 12.8 Å². The Morgan fingerprint density at radius 3 is 2.65 bits per heavy atom. The molecule has 2 aliphatic heterocycles. The maximum absolute atomic E-state index is 11.5. The number of aliphatic carboxylic acids is 1. The van der Waals surface area contributed by atoms with E-state index in [1.54, 1.807) is 12.3 Å². The van der Waals surface area contributed by atoms with E-state index in [9.17, 15) is 30.0 Å². The lowest BCUT2D eigenvalue weighted by Gasteiger charge is -2.29. The summed E-state index contributed by atoms with van der Waals surface area (Å²) in [6.45, 7) is -0.488. The minimum Gasteiger partial charge on any atom is -0.481 e. The summed E-state index contributed by atoms with van der Waals surface area (Å²) in [5.74, 6) is -2.55. The average Bonchev–Trinajstić information content (AvgIpc) is 2.87. The third-order valence-corrected chi connectivity index (χ3v) is 3.99. The number of hydrogen-bond donors (Lipinski definition) is 6. The predicted octanol–water partition coefficient (Wildman–Crippen LogP) is -2.81. The van der Waals surface area contributed by atoms with E-state index in [0.717, 1.165) is 0 Å². The van der Waals surface area contributed by atoms with Crippen LogP contribution in [-0.2, 0) is 19.1 Å². The van der Waals surface area contributed by atoms with Crippen molar-refractivity contribution in [1.29, 1.82) is 0 Å². The first-order valence-electron chi connectivity index (χ1n) is 7.87. The number of allylic oxidation sites excluding steroid dienone is 1. The minimum atomic E-state index is -1.84. The Hall–Kier alpha value is -2.02. The van der Waals surface area contributed by atoms with Crippen LogP contribution in [-0.4, -0.2) is 85.8 Å². The molecule has 0 bridgehead atoms. The van der Waals surface area contributed by atoms with Crippen molar-refractivity contribution in [2.24, 2.45) is 5.73 Å². The van der Waals surface area contributed by atoms with Gasteiger partial charge in [0.2, 0.25) is 0 Å². The highest BCUT2D eigenvalue weighted by atomic mass is 16.6. The normalized spacial score (nSPS) is 30.7. The molecule has 6 atom stereocenters. The Morgan fingerprint density at radius 2 is 2.04 bits per heavy atom. The summed E-state index contributed by atoms with van der Waals surface area (Å²) in [4.78, 5) is 23.4. The molecule has 2 rings (SSSR count). The van der Waals surface area contributed by atoms with Crippen LogP contribution >= 0.6 is 0 Å². The van der Waals surface area contributed by atoms with Gasteiger partial charge in [0.25, 0.3) is 0 Å². The number of aliphatic hydroxyl groups is 4. The van der Waals surface area contributed by atoms with E-state index in [0.29, 0.717) is 12.0 Å². The Labute approximate surface area is 148 Å². The van der Waals surface area contributed by atoms with Crippen molar-refractivity contribution in [3.8, 4) is 0 Å². The van der Waals surface area contributed by atoms with Gasteiger partial charge in [-0.15, -0.1) is 0 Å². The van der Waals surface area contributed by atoms with Crippen molar-refractivity contribution in [1.82, 2.24) is 4.90 Å². The van der Waals surface area contributed by atoms with E-state index in [4.69, 9.17) is 20.3 Å². The van der Waals surface area contributed by atoms with E-state index < -0.39 is 61.8 Å². The zero-order valence-corrected chi connectivity index (χ0v) is 13.7. The first kappa shape index (κ1) is 20.3. The Kier molecular flexibility index (Phi) is 6.69. The van der Waals surface area contributed by atoms with Gasteiger partial charge >= 0.3 is 11.9 Å². The highest BCUT2D eigenvalue weighted by Gasteiger charge is 2.45. The monoisotopic (exact) mass is 374 g/mol. The van der Waals surface area contributed by atoms with Gasteiger partial charge < -0.3 is 45.6 Å². The second-order valence-corrected chi connectivity index (χ2v) is 5.97. The van der Waals surface area contributed by atoms with E-state index in [-0.39, 0.29) is 0 Å². The van der Waals surface area contributed by atoms with Crippen LogP contribution in [0.25, 0.3) is 0 Å². The molecule has 0 aromatic heterocycles. The van der Waals surface area contributed by atoms with E-state index >= 15 is 0 Å². The average molecular weight is 374 g/mol. The molecule has 0 spiro atoms. The lowest BCUT2D eigenvalue weighted by atomic mass is 10.1. The minimum absolute atomic E-state index is 0.419. The quantitative estimate of drug-likeness (QED) is 0.200. The number of carboxylic acids is 1. The van der Waals surface area contributed by atoms with Gasteiger partial charge in [0.05, 0.1) is 6.42 Å². The van der Waals surface area contributed by atoms with Crippen molar-refractivity contribution in [2.75, 3.05) is 6.61 Å². The molecular formula is C15H22N2O9. The summed E-state index contributed by atoms with van der Waals surface area (Å²) in [6.07, 6.45) is -3.51. The highest BCUT2D eigenvalue weighted by molar-refractivity contribution is 5.80. The summed E-state index contributed by atoms with van der Waals surface area (Å²) in [6, 6.07) is 0. The van der Waals surface area contributed by atoms with Crippen LogP contribution in [0.5, 0.6) is 0 Å². The van der Waals surface area contributed by atoms with E-state index in [2.05, 4.69) is 0 Å². The lowest BCUT2D eigenvalue weighted by molar-refractivity contribution is -0.163. The molecule has 0 aromatic rings. The van der Waals surface area contributed by atoms with Gasteiger partial charge in [-0.1, -0.05) is 6.08 Å². The zero-order chi connectivity index (χ0) is 19.4. The molecule has 0 radical (unpaired) electrons. The van der Waals surface area contributed by atoms with E-state index in [1.807, 2.05) is 0 Å². The molecule has 1 fully saturated rings. The van der Waals surface area contributed by atoms with Gasteiger partial charge in [-0.25, -0.2) is 4.79 Å². The van der Waals surface area contributed by atoms with Crippen molar-refractivity contribution in [2.45, 2.75) is 49.7 Å². The molecule has 7 N–H and O–H groups in total. The van der Waals surface area contributed by atoms with Crippen LogP contribution < -0.4 is 5.73 Å². The molecule has 11 nitrogen and oxygen atoms in total. The molecule has 0 aromatic carbocycles. The van der Waals surface area contributed by atoms with Gasteiger partial charge in [0, 0.05) is 12.4 Å². The smallest absolute Gasteiger partial charge is 0.335 e. The molecule has 0 saturated carbocycles. The van der Waals surface area contributed by atoms with Crippen LogP contribution in [0, 0.1) is 0 Å². The maximum atomic E-state index is 11.5. The number of carboxylic acid groups (broad SMARTS) is 1. The standard InChI is InChI=1S/C15H22N2O9/c16-13(23)7-2-1-3-17(5-7)14-12(22)11(21)9(26-14)6-25-15(24)8(18)4-10(19)20/h1,3,5,8-9,11-14,18,21-23H,2,4,6,16H2,(H,19,20)/t8-,9+,11+,12+,13?,14+/m0/s1. The van der Waals surface area contributed by atoms with Crippen molar-refractivity contribution >= 4 is 11.9 Å². The fourth-order valence-corrected chi connectivity index (χ4v) is 2.58. The van der Waals surface area contributed by atoms with Crippen LogP contribution in [0.2, 0.25) is 0 Å². The number of aliphatic hydroxyl groups excluding tert-OH is 4. The number of nitrogens with zero attached hydrogens (tertiary/aromatic N) is 1. The molecule has 0 amide bonds. The molecule has 2 aliphatic rings.